The van der Waals surface area contributed by atoms with Crippen LogP contribution in [-0.4, -0.2) is 40.4 Å². The largest absolute Gasteiger partial charge is 0.341 e. The van der Waals surface area contributed by atoms with E-state index < -0.39 is 0 Å². The summed E-state index contributed by atoms with van der Waals surface area (Å²) in [6.45, 7) is 5.31. The first kappa shape index (κ1) is 17.4. The number of aromatic nitrogens is 2. The highest BCUT2D eigenvalue weighted by atomic mass is 16.2. The number of rotatable bonds is 4. The van der Waals surface area contributed by atoms with Gasteiger partial charge in [0, 0.05) is 30.3 Å². The third-order valence-corrected chi connectivity index (χ3v) is 4.99. The van der Waals surface area contributed by atoms with Gasteiger partial charge in [-0.2, -0.15) is 0 Å². The smallest absolute Gasteiger partial charge is 0.254 e. The van der Waals surface area contributed by atoms with Gasteiger partial charge in [0.05, 0.1) is 6.42 Å². The van der Waals surface area contributed by atoms with E-state index in [4.69, 9.17) is 5.73 Å². The number of carbonyl (C=O) groups excluding carboxylic acids is 1. The summed E-state index contributed by atoms with van der Waals surface area (Å²) in [4.78, 5) is 33.6. The van der Waals surface area contributed by atoms with Crippen molar-refractivity contribution in [1.29, 1.82) is 0 Å². The maximum atomic E-state index is 12.7. The molecule has 0 aliphatic carbocycles. The van der Waals surface area contributed by atoms with Crippen LogP contribution in [0.3, 0.4) is 0 Å². The molecule has 2 atom stereocenters. The fourth-order valence-electron chi connectivity index (χ4n) is 3.61. The molecule has 1 aliphatic heterocycles. The SMILES string of the molecule is Cc1nc(C)c(CC(=O)N2C[C@@H](CN)[C@H](c3ccccc3)C2)c(=O)[nH]1. The van der Waals surface area contributed by atoms with Crippen LogP contribution < -0.4 is 11.3 Å². The molecule has 0 saturated carbocycles. The van der Waals surface area contributed by atoms with E-state index in [1.165, 1.54) is 5.56 Å². The number of likely N-dealkylation sites (tertiary alicyclic amines) is 1. The first-order valence-corrected chi connectivity index (χ1v) is 8.58. The summed E-state index contributed by atoms with van der Waals surface area (Å²) >= 11 is 0. The van der Waals surface area contributed by atoms with Gasteiger partial charge in [-0.05, 0) is 31.9 Å². The summed E-state index contributed by atoms with van der Waals surface area (Å²) in [5, 5.41) is 0. The monoisotopic (exact) mass is 340 g/mol. The molecule has 25 heavy (non-hydrogen) atoms. The highest BCUT2D eigenvalue weighted by Crippen LogP contribution is 2.32. The van der Waals surface area contributed by atoms with Crippen molar-refractivity contribution in [1.82, 2.24) is 14.9 Å². The van der Waals surface area contributed by atoms with Crippen molar-refractivity contribution < 1.29 is 4.79 Å². The minimum atomic E-state index is -0.229. The molecule has 1 fully saturated rings. The van der Waals surface area contributed by atoms with E-state index in [2.05, 4.69) is 22.1 Å². The lowest BCUT2D eigenvalue weighted by atomic mass is 9.89. The molecule has 0 radical (unpaired) electrons. The van der Waals surface area contributed by atoms with Gasteiger partial charge in [-0.15, -0.1) is 0 Å². The Labute approximate surface area is 147 Å². The van der Waals surface area contributed by atoms with E-state index in [9.17, 15) is 9.59 Å². The molecule has 6 heteroatoms. The number of nitrogens with one attached hydrogen (secondary N) is 1. The Hall–Kier alpha value is -2.47. The molecule has 132 valence electrons. The summed E-state index contributed by atoms with van der Waals surface area (Å²) in [7, 11) is 0. The lowest BCUT2D eigenvalue weighted by Crippen LogP contribution is -2.33. The number of amides is 1. The van der Waals surface area contributed by atoms with Crippen LogP contribution in [0.1, 0.15) is 28.6 Å². The van der Waals surface area contributed by atoms with Gasteiger partial charge in [0.15, 0.2) is 0 Å². The first-order valence-electron chi connectivity index (χ1n) is 8.58. The molecule has 1 saturated heterocycles. The van der Waals surface area contributed by atoms with Crippen LogP contribution in [0.2, 0.25) is 0 Å². The van der Waals surface area contributed by atoms with E-state index >= 15 is 0 Å². The van der Waals surface area contributed by atoms with Gasteiger partial charge in [0.25, 0.3) is 5.56 Å². The molecule has 3 N–H and O–H groups in total. The number of nitrogens with two attached hydrogens (primary N) is 1. The van der Waals surface area contributed by atoms with Crippen LogP contribution in [0.5, 0.6) is 0 Å². The fourth-order valence-corrected chi connectivity index (χ4v) is 3.61. The number of aromatic amines is 1. The Morgan fingerprint density at radius 2 is 2.00 bits per heavy atom. The molecule has 1 aliphatic rings. The average Bonchev–Trinajstić information content (AvgIpc) is 3.03. The predicted molar refractivity (Wildman–Crippen MR) is 96.3 cm³/mol. The van der Waals surface area contributed by atoms with E-state index in [-0.39, 0.29) is 29.7 Å². The van der Waals surface area contributed by atoms with E-state index in [0.29, 0.717) is 36.7 Å². The molecule has 1 aromatic carbocycles. The average molecular weight is 340 g/mol. The van der Waals surface area contributed by atoms with Crippen LogP contribution in [0, 0.1) is 19.8 Å². The Kier molecular flexibility index (Phi) is 4.99. The minimum absolute atomic E-state index is 0.0452. The number of hydrogen-bond acceptors (Lipinski definition) is 4. The van der Waals surface area contributed by atoms with Crippen molar-refractivity contribution in [2.75, 3.05) is 19.6 Å². The maximum absolute atomic E-state index is 12.7. The Morgan fingerprint density at radius 3 is 2.64 bits per heavy atom. The zero-order valence-corrected chi connectivity index (χ0v) is 14.7. The van der Waals surface area contributed by atoms with Crippen LogP contribution >= 0.6 is 0 Å². The van der Waals surface area contributed by atoms with E-state index in [0.717, 1.165) is 0 Å². The molecular weight excluding hydrogens is 316 g/mol. The second-order valence-electron chi connectivity index (χ2n) is 6.70. The molecule has 2 heterocycles. The maximum Gasteiger partial charge on any atom is 0.254 e. The van der Waals surface area contributed by atoms with Gasteiger partial charge < -0.3 is 15.6 Å². The molecule has 3 rings (SSSR count). The van der Waals surface area contributed by atoms with Gasteiger partial charge >= 0.3 is 0 Å². The summed E-state index contributed by atoms with van der Waals surface area (Å²) < 4.78 is 0. The summed E-state index contributed by atoms with van der Waals surface area (Å²) in [6.07, 6.45) is 0.0766. The third kappa shape index (κ3) is 3.64. The zero-order chi connectivity index (χ0) is 18.0. The molecule has 6 nitrogen and oxygen atoms in total. The number of nitrogens with zero attached hydrogens (tertiary/aromatic N) is 2. The summed E-state index contributed by atoms with van der Waals surface area (Å²) in [5.41, 5.74) is 7.98. The highest BCUT2D eigenvalue weighted by Gasteiger charge is 2.35. The molecule has 1 aromatic heterocycles. The van der Waals surface area contributed by atoms with Gasteiger partial charge in [0.2, 0.25) is 5.91 Å². The lowest BCUT2D eigenvalue weighted by molar-refractivity contribution is -0.129. The third-order valence-electron chi connectivity index (χ3n) is 4.99. The number of carbonyl (C=O) groups is 1. The van der Waals surface area contributed by atoms with Crippen molar-refractivity contribution in [3.05, 3.63) is 63.3 Å². The van der Waals surface area contributed by atoms with Crippen LogP contribution in [0.4, 0.5) is 0 Å². The Balaban J connectivity index is 1.77. The number of aryl methyl sites for hydroxylation is 2. The minimum Gasteiger partial charge on any atom is -0.341 e. The quantitative estimate of drug-likeness (QED) is 0.873. The molecule has 0 unspecified atom stereocenters. The zero-order valence-electron chi connectivity index (χ0n) is 14.7. The highest BCUT2D eigenvalue weighted by molar-refractivity contribution is 5.79. The molecule has 2 aromatic rings. The Morgan fingerprint density at radius 1 is 1.28 bits per heavy atom. The number of benzene rings is 1. The van der Waals surface area contributed by atoms with Crippen molar-refractivity contribution in [2.45, 2.75) is 26.2 Å². The molecule has 1 amide bonds. The summed E-state index contributed by atoms with van der Waals surface area (Å²) in [6, 6.07) is 10.2. The van der Waals surface area contributed by atoms with Crippen molar-refractivity contribution in [3.63, 3.8) is 0 Å². The van der Waals surface area contributed by atoms with Crippen LogP contribution in [0.15, 0.2) is 35.1 Å². The van der Waals surface area contributed by atoms with Gasteiger partial charge in [-0.3, -0.25) is 9.59 Å². The lowest BCUT2D eigenvalue weighted by Gasteiger charge is -2.17. The van der Waals surface area contributed by atoms with Crippen molar-refractivity contribution in [2.24, 2.45) is 11.7 Å². The van der Waals surface area contributed by atoms with Crippen LogP contribution in [0.25, 0.3) is 0 Å². The molecule has 0 bridgehead atoms. The predicted octanol–water partition coefficient (Wildman–Crippen LogP) is 1.13. The Bertz CT molecular complexity index is 816. The molecule has 0 spiro atoms. The van der Waals surface area contributed by atoms with Crippen molar-refractivity contribution >= 4 is 5.91 Å². The first-order chi connectivity index (χ1) is 12.0. The number of hydrogen-bond donors (Lipinski definition) is 2. The molecular formula is C19H24N4O2. The van der Waals surface area contributed by atoms with Crippen molar-refractivity contribution in [3.8, 4) is 0 Å². The van der Waals surface area contributed by atoms with E-state index in [1.807, 2.05) is 23.1 Å². The van der Waals surface area contributed by atoms with E-state index in [1.54, 1.807) is 13.8 Å². The standard InChI is InChI=1S/C19H24N4O2/c1-12-16(19(25)22-13(2)21-12)8-18(24)23-10-15(9-20)17(11-23)14-6-4-3-5-7-14/h3-7,15,17H,8-11,20H2,1-2H3,(H,21,22,25)/t15-,17+/m1/s1. The topological polar surface area (TPSA) is 92.1 Å². The second kappa shape index (κ2) is 7.19. The summed E-state index contributed by atoms with van der Waals surface area (Å²) in [5.74, 6) is 0.996. The fraction of sp³-hybridized carbons (Fsp3) is 0.421. The van der Waals surface area contributed by atoms with Gasteiger partial charge in [-0.25, -0.2) is 4.98 Å². The second-order valence-corrected chi connectivity index (χ2v) is 6.70. The number of H-pyrrole nitrogens is 1. The van der Waals surface area contributed by atoms with Gasteiger partial charge in [0.1, 0.15) is 5.82 Å². The van der Waals surface area contributed by atoms with Crippen LogP contribution in [-0.2, 0) is 11.2 Å². The normalized spacial score (nSPS) is 20.0. The van der Waals surface area contributed by atoms with Gasteiger partial charge in [-0.1, -0.05) is 30.3 Å².